The number of likely N-dealkylation sites (tertiary alicyclic amines) is 1. The molecule has 2 atom stereocenters. The van der Waals surface area contributed by atoms with Crippen LogP contribution in [0, 0.1) is 10.1 Å². The number of nitro groups is 1. The summed E-state index contributed by atoms with van der Waals surface area (Å²) < 4.78 is 4.99. The fourth-order valence-corrected chi connectivity index (χ4v) is 4.31. The first-order valence-corrected chi connectivity index (χ1v) is 8.87. The molecule has 1 aliphatic heterocycles. The van der Waals surface area contributed by atoms with Gasteiger partial charge in [0.2, 0.25) is 0 Å². The molecule has 2 aromatic heterocycles. The van der Waals surface area contributed by atoms with Crippen LogP contribution < -0.4 is 10.2 Å². The Balaban J connectivity index is 1.73. The van der Waals surface area contributed by atoms with Crippen LogP contribution >= 0.6 is 11.3 Å². The average molecular weight is 350 g/mol. The van der Waals surface area contributed by atoms with Gasteiger partial charge in [0, 0.05) is 12.8 Å². The van der Waals surface area contributed by atoms with Gasteiger partial charge < -0.3 is 14.6 Å². The number of thiophene rings is 1. The van der Waals surface area contributed by atoms with E-state index >= 15 is 0 Å². The van der Waals surface area contributed by atoms with E-state index in [9.17, 15) is 14.9 Å². The van der Waals surface area contributed by atoms with Gasteiger partial charge in [-0.1, -0.05) is 6.07 Å². The lowest BCUT2D eigenvalue weighted by Gasteiger charge is -2.29. The van der Waals surface area contributed by atoms with Gasteiger partial charge in [0.15, 0.2) is 5.76 Å². The second-order valence-corrected chi connectivity index (χ2v) is 6.99. The largest absolute Gasteiger partial charge is 0.433 e. The molecule has 128 valence electrons. The minimum atomic E-state index is -0.650. The first kappa shape index (κ1) is 16.7. The van der Waals surface area contributed by atoms with Crippen LogP contribution in [0.3, 0.4) is 0 Å². The number of carbonyl (C=O) groups excluding carboxylic acids is 1. The molecule has 0 aliphatic carbocycles. The van der Waals surface area contributed by atoms with Gasteiger partial charge >= 0.3 is 5.88 Å². The minimum Gasteiger partial charge on any atom is -0.395 e. The zero-order chi connectivity index (χ0) is 17.1. The maximum Gasteiger partial charge on any atom is 0.433 e. The summed E-state index contributed by atoms with van der Waals surface area (Å²) in [6, 6.07) is 6.73. The molecule has 0 saturated carbocycles. The standard InChI is InChI=1S/C16H19N3O4S/c1-11(17-16(20)12-6-7-14(23-12)19(21)22)15(13-5-4-10-24-13)18-8-2-3-9-18/h4-7,10-11,15H,2-3,8-9H2,1H3,(H,17,20)/p+1/t11-,15-/m1/s1. The van der Waals surface area contributed by atoms with Crippen molar-refractivity contribution in [3.8, 4) is 0 Å². The van der Waals surface area contributed by atoms with Gasteiger partial charge in [-0.05, 0) is 24.4 Å². The second-order valence-electron chi connectivity index (χ2n) is 6.02. The van der Waals surface area contributed by atoms with E-state index in [1.807, 2.05) is 18.4 Å². The Bertz CT molecular complexity index is 707. The van der Waals surface area contributed by atoms with E-state index in [0.717, 1.165) is 13.1 Å². The Kier molecular flexibility index (Phi) is 4.96. The molecule has 24 heavy (non-hydrogen) atoms. The smallest absolute Gasteiger partial charge is 0.395 e. The van der Waals surface area contributed by atoms with E-state index in [1.54, 1.807) is 11.3 Å². The molecule has 3 rings (SSSR count). The SMILES string of the molecule is C[C@@H](NC(=O)c1ccc([N+](=O)[O-])o1)[C@H](c1cccs1)[NH+]1CCCC1. The highest BCUT2D eigenvalue weighted by Gasteiger charge is 2.34. The van der Waals surface area contributed by atoms with Gasteiger partial charge in [-0.15, -0.1) is 11.3 Å². The van der Waals surface area contributed by atoms with Crippen LogP contribution in [0.25, 0.3) is 0 Å². The summed E-state index contributed by atoms with van der Waals surface area (Å²) in [5, 5.41) is 15.7. The Labute approximate surface area is 143 Å². The lowest BCUT2D eigenvalue weighted by molar-refractivity contribution is -0.920. The highest BCUT2D eigenvalue weighted by Crippen LogP contribution is 2.22. The number of quaternary nitrogens is 1. The number of hydrogen-bond donors (Lipinski definition) is 2. The van der Waals surface area contributed by atoms with Crippen LogP contribution in [0.2, 0.25) is 0 Å². The monoisotopic (exact) mass is 350 g/mol. The topological polar surface area (TPSA) is 89.8 Å². The molecule has 0 unspecified atom stereocenters. The molecule has 7 nitrogen and oxygen atoms in total. The maximum absolute atomic E-state index is 12.3. The van der Waals surface area contributed by atoms with Crippen LogP contribution in [-0.2, 0) is 0 Å². The summed E-state index contributed by atoms with van der Waals surface area (Å²) in [5.74, 6) is -0.876. The Morgan fingerprint density at radius 3 is 2.71 bits per heavy atom. The fourth-order valence-electron chi connectivity index (χ4n) is 3.32. The van der Waals surface area contributed by atoms with Crippen molar-refractivity contribution in [2.45, 2.75) is 31.8 Å². The van der Waals surface area contributed by atoms with Crippen molar-refractivity contribution in [2.24, 2.45) is 0 Å². The van der Waals surface area contributed by atoms with Crippen LogP contribution in [0.5, 0.6) is 0 Å². The van der Waals surface area contributed by atoms with Gasteiger partial charge in [0.1, 0.15) is 11.0 Å². The third-order valence-electron chi connectivity index (χ3n) is 4.39. The number of furan rings is 1. The van der Waals surface area contributed by atoms with Crippen LogP contribution in [0.4, 0.5) is 5.88 Å². The molecule has 2 N–H and O–H groups in total. The lowest BCUT2D eigenvalue weighted by Crippen LogP contribution is -3.11. The summed E-state index contributed by atoms with van der Waals surface area (Å²) in [7, 11) is 0. The van der Waals surface area contributed by atoms with Crippen molar-refractivity contribution in [2.75, 3.05) is 13.1 Å². The predicted octanol–water partition coefficient (Wildman–Crippen LogP) is 1.79. The average Bonchev–Trinajstić information content (AvgIpc) is 3.30. The molecule has 0 aromatic carbocycles. The highest BCUT2D eigenvalue weighted by atomic mass is 32.1. The molecule has 1 amide bonds. The van der Waals surface area contributed by atoms with E-state index in [0.29, 0.717) is 0 Å². The van der Waals surface area contributed by atoms with Crippen LogP contribution in [-0.4, -0.2) is 30.0 Å². The van der Waals surface area contributed by atoms with Gasteiger partial charge in [-0.25, -0.2) is 0 Å². The molecule has 1 saturated heterocycles. The Hall–Kier alpha value is -2.19. The zero-order valence-corrected chi connectivity index (χ0v) is 14.2. The fraction of sp³-hybridized carbons (Fsp3) is 0.438. The zero-order valence-electron chi connectivity index (χ0n) is 13.4. The Morgan fingerprint density at radius 2 is 2.12 bits per heavy atom. The molecule has 2 aromatic rings. The number of nitrogens with zero attached hydrogens (tertiary/aromatic N) is 1. The summed E-state index contributed by atoms with van der Waals surface area (Å²) in [4.78, 5) is 25.1. The van der Waals surface area contributed by atoms with Crippen molar-refractivity contribution < 1.29 is 19.0 Å². The molecule has 0 radical (unpaired) electrons. The predicted molar refractivity (Wildman–Crippen MR) is 89.3 cm³/mol. The molecular weight excluding hydrogens is 330 g/mol. The summed E-state index contributed by atoms with van der Waals surface area (Å²) >= 11 is 1.69. The van der Waals surface area contributed by atoms with E-state index in [1.165, 1.54) is 34.8 Å². The third kappa shape index (κ3) is 3.49. The molecule has 3 heterocycles. The van der Waals surface area contributed by atoms with Gasteiger partial charge in [0.25, 0.3) is 5.91 Å². The number of carbonyl (C=O) groups is 1. The number of amides is 1. The van der Waals surface area contributed by atoms with Crippen LogP contribution in [0.15, 0.2) is 34.1 Å². The van der Waals surface area contributed by atoms with E-state index in [-0.39, 0.29) is 17.8 Å². The summed E-state index contributed by atoms with van der Waals surface area (Å²) in [5.41, 5.74) is 0. The first-order chi connectivity index (χ1) is 11.6. The highest BCUT2D eigenvalue weighted by molar-refractivity contribution is 7.10. The van der Waals surface area contributed by atoms with Crippen molar-refractivity contribution in [1.82, 2.24) is 5.32 Å². The van der Waals surface area contributed by atoms with Crippen molar-refractivity contribution in [3.05, 3.63) is 50.4 Å². The van der Waals surface area contributed by atoms with Crippen molar-refractivity contribution >= 4 is 23.1 Å². The second kappa shape index (κ2) is 7.14. The molecular formula is C16H20N3O4S+. The Morgan fingerprint density at radius 1 is 1.38 bits per heavy atom. The van der Waals surface area contributed by atoms with E-state index in [2.05, 4.69) is 11.4 Å². The van der Waals surface area contributed by atoms with Crippen molar-refractivity contribution in [1.29, 1.82) is 0 Å². The first-order valence-electron chi connectivity index (χ1n) is 7.99. The molecule has 8 heteroatoms. The van der Waals surface area contributed by atoms with Gasteiger partial charge in [-0.2, -0.15) is 0 Å². The lowest BCUT2D eigenvalue weighted by atomic mass is 10.1. The number of nitrogens with one attached hydrogen (secondary N) is 2. The summed E-state index contributed by atoms with van der Waals surface area (Å²) in [6.45, 7) is 4.16. The molecule has 0 bridgehead atoms. The quantitative estimate of drug-likeness (QED) is 0.614. The van der Waals surface area contributed by atoms with Gasteiger partial charge in [0.05, 0.1) is 30.1 Å². The number of hydrogen-bond acceptors (Lipinski definition) is 5. The van der Waals surface area contributed by atoms with E-state index < -0.39 is 16.7 Å². The third-order valence-corrected chi connectivity index (χ3v) is 5.35. The maximum atomic E-state index is 12.3. The molecule has 1 aliphatic rings. The summed E-state index contributed by atoms with van der Waals surface area (Å²) in [6.07, 6.45) is 2.39. The normalized spacial score (nSPS) is 17.5. The molecule has 0 spiro atoms. The molecule has 1 fully saturated rings. The minimum absolute atomic E-state index is 0.0325. The van der Waals surface area contributed by atoms with E-state index in [4.69, 9.17) is 4.42 Å². The van der Waals surface area contributed by atoms with Crippen LogP contribution in [0.1, 0.15) is 41.2 Å². The number of rotatable bonds is 6. The van der Waals surface area contributed by atoms with Crippen molar-refractivity contribution in [3.63, 3.8) is 0 Å². The van der Waals surface area contributed by atoms with Gasteiger partial charge in [-0.3, -0.25) is 14.9 Å².